The van der Waals surface area contributed by atoms with Crippen LogP contribution in [0.4, 0.5) is 22.1 Å². The number of carbonyl (C=O) groups is 2. The molecular formula is C33H41N9O4S. The van der Waals surface area contributed by atoms with Crippen LogP contribution < -0.4 is 35.8 Å². The van der Waals surface area contributed by atoms with Crippen molar-refractivity contribution >= 4 is 45.2 Å². The zero-order valence-electron chi connectivity index (χ0n) is 26.4. The molecule has 0 spiro atoms. The minimum atomic E-state index is -0.330. The summed E-state index contributed by atoms with van der Waals surface area (Å²) >= 11 is 1.50. The predicted octanol–water partition coefficient (Wildman–Crippen LogP) is 3.59. The van der Waals surface area contributed by atoms with E-state index >= 15 is 0 Å². The summed E-state index contributed by atoms with van der Waals surface area (Å²) in [5.74, 6) is 0.253. The second-order valence-electron chi connectivity index (χ2n) is 12.0. The highest BCUT2D eigenvalue weighted by molar-refractivity contribution is 7.17. The van der Waals surface area contributed by atoms with Gasteiger partial charge in [0.05, 0.1) is 17.6 Å². The van der Waals surface area contributed by atoms with Crippen LogP contribution in [0.25, 0.3) is 0 Å². The predicted molar refractivity (Wildman–Crippen MR) is 184 cm³/mol. The number of piperazine rings is 2. The number of benzene rings is 2. The zero-order valence-corrected chi connectivity index (χ0v) is 27.2. The first-order valence-electron chi connectivity index (χ1n) is 15.9. The third kappa shape index (κ3) is 7.71. The highest BCUT2D eigenvalue weighted by atomic mass is 32.1. The van der Waals surface area contributed by atoms with Crippen molar-refractivity contribution in [3.8, 4) is 16.7 Å². The van der Waals surface area contributed by atoms with Crippen molar-refractivity contribution in [1.29, 1.82) is 0 Å². The number of ether oxygens (including phenoxy) is 1. The van der Waals surface area contributed by atoms with E-state index in [4.69, 9.17) is 21.2 Å². The second-order valence-corrected chi connectivity index (χ2v) is 13.0. The van der Waals surface area contributed by atoms with Crippen molar-refractivity contribution in [2.75, 3.05) is 58.9 Å². The van der Waals surface area contributed by atoms with Gasteiger partial charge in [0, 0.05) is 93.9 Å². The molecule has 13 nitrogen and oxygen atoms in total. The molecule has 2 unspecified atom stereocenters. The number of carbonyl (C=O) groups excluding carboxylic acids is 2. The largest absolute Gasteiger partial charge is 0.508 e. The molecule has 2 saturated heterocycles. The van der Waals surface area contributed by atoms with Gasteiger partial charge in [-0.05, 0) is 44.0 Å². The molecule has 2 fully saturated rings. The van der Waals surface area contributed by atoms with E-state index in [9.17, 15) is 14.7 Å². The molecule has 6 rings (SSSR count). The van der Waals surface area contributed by atoms with E-state index in [-0.39, 0.29) is 36.1 Å². The lowest BCUT2D eigenvalue weighted by molar-refractivity contribution is -0.119. The molecule has 248 valence electrons. The van der Waals surface area contributed by atoms with E-state index in [0.29, 0.717) is 43.3 Å². The number of hydrogen-bond donors (Lipinski definition) is 4. The SMILES string of the molecule is Cc1nc(Oc2cccc(N3CCN(c4cn[nH]c4)CC3CCC(N)=O)c2)sc1N1CCN(c2cccc(O)c2)C(CCC(N)=O)C1. The van der Waals surface area contributed by atoms with E-state index in [1.165, 1.54) is 11.3 Å². The Morgan fingerprint density at radius 1 is 0.915 bits per heavy atom. The van der Waals surface area contributed by atoms with Crippen molar-refractivity contribution in [2.24, 2.45) is 11.5 Å². The Morgan fingerprint density at radius 3 is 2.19 bits per heavy atom. The molecule has 4 heterocycles. The number of thiazole rings is 1. The maximum Gasteiger partial charge on any atom is 0.280 e. The molecule has 6 N–H and O–H groups in total. The van der Waals surface area contributed by atoms with Gasteiger partial charge in [0.1, 0.15) is 16.5 Å². The highest BCUT2D eigenvalue weighted by Gasteiger charge is 2.31. The molecule has 0 radical (unpaired) electrons. The smallest absolute Gasteiger partial charge is 0.280 e. The number of aromatic hydroxyl groups is 1. The summed E-state index contributed by atoms with van der Waals surface area (Å²) < 4.78 is 6.34. The summed E-state index contributed by atoms with van der Waals surface area (Å²) in [6, 6.07) is 15.3. The van der Waals surface area contributed by atoms with Crippen molar-refractivity contribution in [3.05, 3.63) is 66.6 Å². The van der Waals surface area contributed by atoms with Crippen LogP contribution in [0.5, 0.6) is 16.7 Å². The summed E-state index contributed by atoms with van der Waals surface area (Å²) in [5, 5.41) is 18.6. The number of H-pyrrole nitrogens is 1. The number of aryl methyl sites for hydroxylation is 1. The summed E-state index contributed by atoms with van der Waals surface area (Å²) in [4.78, 5) is 37.3. The number of rotatable bonds is 12. The van der Waals surface area contributed by atoms with E-state index in [0.717, 1.165) is 53.9 Å². The van der Waals surface area contributed by atoms with Gasteiger partial charge in [-0.1, -0.05) is 23.5 Å². The van der Waals surface area contributed by atoms with Crippen LogP contribution in [-0.4, -0.2) is 83.5 Å². The molecule has 2 aliphatic rings. The number of phenols is 1. The van der Waals surface area contributed by atoms with Crippen LogP contribution in [-0.2, 0) is 9.59 Å². The number of hydrogen-bond acceptors (Lipinski definition) is 11. The lowest BCUT2D eigenvalue weighted by Crippen LogP contribution is -2.53. The summed E-state index contributed by atoms with van der Waals surface area (Å²) in [6.45, 7) is 6.45. The van der Waals surface area contributed by atoms with Crippen molar-refractivity contribution in [2.45, 2.75) is 44.7 Å². The molecule has 2 aromatic carbocycles. The van der Waals surface area contributed by atoms with Gasteiger partial charge in [0.15, 0.2) is 0 Å². The van der Waals surface area contributed by atoms with Crippen LogP contribution >= 0.6 is 11.3 Å². The Kier molecular flexibility index (Phi) is 9.66. The standard InChI is InChI=1S/C33H41N9O4S/c1-22-32(40-13-15-41(23-4-2-6-28(43)16-23)26(21-40)9-11-31(35)45)47-33(38-22)46-29-7-3-5-24(17-29)42-14-12-39(27-18-36-37-19-27)20-25(42)8-10-30(34)44/h2-7,16-19,25-26,43H,8-15,20-21H2,1H3,(H2,34,44)(H2,35,45)(H,36,37). The van der Waals surface area contributed by atoms with E-state index in [1.807, 2.05) is 49.6 Å². The monoisotopic (exact) mass is 659 g/mol. The molecular weight excluding hydrogens is 618 g/mol. The number of phenolic OH excluding ortho intramolecular Hbond substituents is 1. The molecule has 4 aromatic rings. The molecule has 2 amide bonds. The minimum absolute atomic E-state index is 0.0251. The first-order valence-corrected chi connectivity index (χ1v) is 16.7. The fourth-order valence-corrected chi connectivity index (χ4v) is 7.51. The van der Waals surface area contributed by atoms with Crippen LogP contribution in [0, 0.1) is 6.92 Å². The fraction of sp³-hybridized carbons (Fsp3) is 0.394. The van der Waals surface area contributed by atoms with E-state index in [2.05, 4.69) is 35.9 Å². The number of primary amides is 2. The van der Waals surface area contributed by atoms with Gasteiger partial charge in [-0.2, -0.15) is 5.10 Å². The highest BCUT2D eigenvalue weighted by Crippen LogP contribution is 2.38. The van der Waals surface area contributed by atoms with E-state index < -0.39 is 0 Å². The van der Waals surface area contributed by atoms with Gasteiger partial charge in [-0.3, -0.25) is 14.7 Å². The van der Waals surface area contributed by atoms with Crippen molar-refractivity contribution in [1.82, 2.24) is 15.2 Å². The van der Waals surface area contributed by atoms with Gasteiger partial charge in [0.25, 0.3) is 5.19 Å². The Balaban J connectivity index is 1.16. The van der Waals surface area contributed by atoms with Gasteiger partial charge in [0.2, 0.25) is 11.8 Å². The number of amides is 2. The fourth-order valence-electron chi connectivity index (χ4n) is 6.54. The number of aromatic amines is 1. The Bertz CT molecular complexity index is 1680. The molecule has 47 heavy (non-hydrogen) atoms. The van der Waals surface area contributed by atoms with Crippen LogP contribution in [0.15, 0.2) is 60.9 Å². The maximum absolute atomic E-state index is 11.7. The number of nitrogens with zero attached hydrogens (tertiary/aromatic N) is 6. The van der Waals surface area contributed by atoms with Crippen molar-refractivity contribution < 1.29 is 19.4 Å². The molecule has 2 aromatic heterocycles. The van der Waals surface area contributed by atoms with Gasteiger partial charge >= 0.3 is 0 Å². The topological polar surface area (TPSA) is 170 Å². The third-order valence-electron chi connectivity index (χ3n) is 8.82. The van der Waals surface area contributed by atoms with Gasteiger partial charge < -0.3 is 40.9 Å². The summed E-state index contributed by atoms with van der Waals surface area (Å²) in [6.07, 6.45) is 5.53. The first-order chi connectivity index (χ1) is 22.7. The number of nitrogens with one attached hydrogen (secondary N) is 1. The Labute approximate surface area is 277 Å². The summed E-state index contributed by atoms with van der Waals surface area (Å²) in [7, 11) is 0. The minimum Gasteiger partial charge on any atom is -0.508 e. The molecule has 0 saturated carbocycles. The van der Waals surface area contributed by atoms with Gasteiger partial charge in [-0.15, -0.1) is 0 Å². The first kappa shape index (κ1) is 32.0. The quantitative estimate of drug-likeness (QED) is 0.176. The van der Waals surface area contributed by atoms with Crippen LogP contribution in [0.2, 0.25) is 0 Å². The lowest BCUT2D eigenvalue weighted by Gasteiger charge is -2.43. The average molecular weight is 660 g/mol. The molecule has 0 bridgehead atoms. The summed E-state index contributed by atoms with van der Waals surface area (Å²) in [5.41, 5.74) is 14.9. The number of aromatic nitrogens is 3. The maximum atomic E-state index is 11.7. The number of nitrogens with two attached hydrogens (primary N) is 2. The third-order valence-corrected chi connectivity index (χ3v) is 9.91. The Hall–Kier alpha value is -4.98. The second kappa shape index (κ2) is 14.2. The normalized spacial score (nSPS) is 18.4. The van der Waals surface area contributed by atoms with E-state index in [1.54, 1.807) is 12.1 Å². The van der Waals surface area contributed by atoms with Crippen LogP contribution in [0.3, 0.4) is 0 Å². The number of anilines is 4. The molecule has 2 aliphatic heterocycles. The zero-order chi connectivity index (χ0) is 32.9. The molecule has 2 atom stereocenters. The lowest BCUT2D eigenvalue weighted by atomic mass is 10.0. The Morgan fingerprint density at radius 2 is 1.55 bits per heavy atom. The van der Waals surface area contributed by atoms with Gasteiger partial charge in [-0.25, -0.2) is 4.98 Å². The molecule has 14 heteroatoms. The van der Waals surface area contributed by atoms with Crippen LogP contribution in [0.1, 0.15) is 31.4 Å². The van der Waals surface area contributed by atoms with Crippen molar-refractivity contribution in [3.63, 3.8) is 0 Å². The molecule has 0 aliphatic carbocycles. The average Bonchev–Trinajstić information content (AvgIpc) is 3.73.